The molecule has 0 N–H and O–H groups in total. The second-order valence-corrected chi connectivity index (χ2v) is 22.7. The average molecular weight is 808 g/mol. The number of benzene rings is 7. The van der Waals surface area contributed by atoms with Crippen LogP contribution in [0.2, 0.25) is 0 Å². The standard InChI is InChI=1S/C56H50BNSSi/c1-36(2)39-33-41(37(3)4)55(42(34-39)38(5)6)57-47-23-11-14-26-51(47)59-52-35-40(29-30-48(52)57)58-49-24-12-7-19-43(49)56(44-20-8-13-25-50(44)58)45-21-9-15-27-53(45)60(31-17-18-32-60)54-28-16-10-22-46(54)56/h7-38H,1-6H3. The quantitative estimate of drug-likeness (QED) is 0.159. The molecule has 0 unspecified atom stereocenters. The van der Waals surface area contributed by atoms with Crippen LogP contribution in [0.3, 0.4) is 0 Å². The minimum atomic E-state index is -2.28. The van der Waals surface area contributed by atoms with E-state index >= 15 is 0 Å². The van der Waals surface area contributed by atoms with Crippen LogP contribution in [0, 0.1) is 0 Å². The van der Waals surface area contributed by atoms with Crippen molar-refractivity contribution in [1.82, 2.24) is 0 Å². The topological polar surface area (TPSA) is 3.24 Å². The van der Waals surface area contributed by atoms with Crippen molar-refractivity contribution in [1.29, 1.82) is 0 Å². The number of para-hydroxylation sites is 2. The number of rotatable bonds is 5. The van der Waals surface area contributed by atoms with Crippen LogP contribution in [-0.2, 0) is 5.41 Å². The lowest BCUT2D eigenvalue weighted by atomic mass is 9.34. The van der Waals surface area contributed by atoms with Gasteiger partial charge in [-0.1, -0.05) is 215 Å². The van der Waals surface area contributed by atoms with E-state index < -0.39 is 13.5 Å². The van der Waals surface area contributed by atoms with Gasteiger partial charge in [0.25, 0.3) is 0 Å². The highest BCUT2D eigenvalue weighted by Crippen LogP contribution is 2.58. The number of allylic oxidation sites excluding steroid dienone is 2. The van der Waals surface area contributed by atoms with Gasteiger partial charge < -0.3 is 4.90 Å². The molecule has 0 bridgehead atoms. The molecule has 4 heteroatoms. The van der Waals surface area contributed by atoms with E-state index in [0.29, 0.717) is 17.8 Å². The molecule has 4 heterocycles. The molecule has 0 aliphatic carbocycles. The van der Waals surface area contributed by atoms with Crippen LogP contribution in [0.15, 0.2) is 185 Å². The maximum absolute atomic E-state index is 2.56. The van der Waals surface area contributed by atoms with Crippen molar-refractivity contribution in [2.24, 2.45) is 0 Å². The van der Waals surface area contributed by atoms with E-state index in [1.54, 1.807) is 0 Å². The van der Waals surface area contributed by atoms with E-state index in [1.807, 2.05) is 11.8 Å². The van der Waals surface area contributed by atoms with E-state index in [-0.39, 0.29) is 6.71 Å². The lowest BCUT2D eigenvalue weighted by Gasteiger charge is -2.52. The van der Waals surface area contributed by atoms with Crippen molar-refractivity contribution in [2.75, 3.05) is 4.90 Å². The zero-order valence-corrected chi connectivity index (χ0v) is 37.2. The Morgan fingerprint density at radius 3 is 1.57 bits per heavy atom. The number of hydrogen-bond donors (Lipinski definition) is 0. The van der Waals surface area contributed by atoms with E-state index in [9.17, 15) is 0 Å². The first-order valence-electron chi connectivity index (χ1n) is 21.9. The van der Waals surface area contributed by atoms with Crippen LogP contribution in [0.5, 0.6) is 0 Å². The number of hydrogen-bond acceptors (Lipinski definition) is 2. The van der Waals surface area contributed by atoms with Crippen molar-refractivity contribution in [2.45, 2.75) is 74.5 Å². The summed E-state index contributed by atoms with van der Waals surface area (Å²) < 4.78 is 0. The van der Waals surface area contributed by atoms with E-state index in [2.05, 4.69) is 222 Å². The van der Waals surface area contributed by atoms with Crippen molar-refractivity contribution in [3.8, 4) is 0 Å². The highest BCUT2D eigenvalue weighted by atomic mass is 32.2. The minimum absolute atomic E-state index is 0.150. The minimum Gasteiger partial charge on any atom is -0.310 e. The molecule has 0 saturated carbocycles. The Morgan fingerprint density at radius 1 is 0.500 bits per heavy atom. The van der Waals surface area contributed by atoms with Crippen molar-refractivity contribution >= 4 is 70.4 Å². The van der Waals surface area contributed by atoms with Crippen LogP contribution in [-0.4, -0.2) is 14.8 Å². The first-order valence-corrected chi connectivity index (χ1v) is 24.9. The lowest BCUT2D eigenvalue weighted by Crippen LogP contribution is -2.65. The Kier molecular flexibility index (Phi) is 8.75. The third-order valence-corrected chi connectivity index (χ3v) is 19.2. The first-order chi connectivity index (χ1) is 29.2. The van der Waals surface area contributed by atoms with Crippen LogP contribution in [0.1, 0.15) is 98.2 Å². The molecular formula is C56H50BNSSi. The predicted octanol–water partition coefficient (Wildman–Crippen LogP) is 11.3. The van der Waals surface area contributed by atoms with Crippen LogP contribution in [0.25, 0.3) is 0 Å². The number of anilines is 3. The monoisotopic (exact) mass is 807 g/mol. The normalized spacial score (nSPS) is 15.9. The van der Waals surface area contributed by atoms with Gasteiger partial charge in [-0.15, -0.1) is 0 Å². The molecule has 4 aliphatic rings. The summed E-state index contributed by atoms with van der Waals surface area (Å²) in [6, 6.07) is 58.9. The van der Waals surface area contributed by atoms with Crippen LogP contribution in [0.4, 0.5) is 17.1 Å². The number of fused-ring (bicyclic) bond motifs is 12. The van der Waals surface area contributed by atoms with Gasteiger partial charge in [-0.05, 0) is 97.4 Å². The van der Waals surface area contributed by atoms with Crippen LogP contribution >= 0.6 is 11.8 Å². The zero-order valence-electron chi connectivity index (χ0n) is 35.4. The molecule has 0 aromatic heterocycles. The van der Waals surface area contributed by atoms with Gasteiger partial charge in [-0.25, -0.2) is 0 Å². The average Bonchev–Trinajstić information content (AvgIpc) is 3.77. The summed E-state index contributed by atoms with van der Waals surface area (Å²) in [5, 5.41) is 2.98. The van der Waals surface area contributed by atoms with Crippen LogP contribution < -0.4 is 31.7 Å². The second kappa shape index (κ2) is 14.0. The first kappa shape index (κ1) is 37.5. The Morgan fingerprint density at radius 2 is 1.00 bits per heavy atom. The molecule has 4 aliphatic heterocycles. The zero-order chi connectivity index (χ0) is 40.9. The molecule has 0 atom stereocenters. The van der Waals surface area contributed by atoms with E-state index in [0.717, 1.165) is 0 Å². The summed E-state index contributed by atoms with van der Waals surface area (Å²) in [7, 11) is -2.28. The van der Waals surface area contributed by atoms with E-state index in [1.165, 1.54) is 92.6 Å². The largest absolute Gasteiger partial charge is 0.310 e. The molecule has 0 fully saturated rings. The van der Waals surface area contributed by atoms with Gasteiger partial charge in [0.15, 0.2) is 8.07 Å². The fourth-order valence-corrected chi connectivity index (χ4v) is 16.6. The number of nitrogens with zero attached hydrogens (tertiary/aromatic N) is 1. The third-order valence-electron chi connectivity index (χ3n) is 14.0. The van der Waals surface area contributed by atoms with E-state index in [4.69, 9.17) is 0 Å². The van der Waals surface area contributed by atoms with Gasteiger partial charge in [0.05, 0.1) is 16.8 Å². The SMILES string of the molecule is CC(C)c1cc(C(C)C)c(B2c3ccccc3Sc3cc(N4c5ccccc5C5(c6ccccc64)c4ccccc4[Si]4(C=CC=C4)c4ccccc45)ccc32)c(C(C)C)c1. The van der Waals surface area contributed by atoms with Crippen molar-refractivity contribution in [3.63, 3.8) is 0 Å². The fourth-order valence-electron chi connectivity index (χ4n) is 11.3. The van der Waals surface area contributed by atoms with Gasteiger partial charge in [0.1, 0.15) is 0 Å². The van der Waals surface area contributed by atoms with Gasteiger partial charge in [-0.2, -0.15) is 0 Å². The lowest BCUT2D eigenvalue weighted by molar-refractivity contribution is 0.736. The molecular weight excluding hydrogens is 758 g/mol. The molecule has 2 spiro atoms. The Hall–Kier alpha value is -5.55. The maximum Gasteiger partial charge on any atom is 0.244 e. The Labute approximate surface area is 362 Å². The predicted molar refractivity (Wildman–Crippen MR) is 260 cm³/mol. The summed E-state index contributed by atoms with van der Waals surface area (Å²) in [6.45, 7) is 14.3. The molecule has 7 aromatic carbocycles. The van der Waals surface area contributed by atoms with Gasteiger partial charge in [0.2, 0.25) is 6.71 Å². The molecule has 7 aromatic rings. The molecule has 60 heavy (non-hydrogen) atoms. The summed E-state index contributed by atoms with van der Waals surface area (Å²) in [5.74, 6) is 1.29. The molecule has 0 amide bonds. The molecule has 0 radical (unpaired) electrons. The summed E-state index contributed by atoms with van der Waals surface area (Å²) in [4.78, 5) is 5.25. The Balaban J connectivity index is 1.14. The summed E-state index contributed by atoms with van der Waals surface area (Å²) in [5.41, 5.74) is 22.5. The molecule has 0 saturated heterocycles. The molecule has 292 valence electrons. The fraction of sp³-hybridized carbons (Fsp3) is 0.179. The second-order valence-electron chi connectivity index (χ2n) is 18.2. The summed E-state index contributed by atoms with van der Waals surface area (Å²) >= 11 is 1.94. The molecule has 1 nitrogen and oxygen atoms in total. The maximum atomic E-state index is 2.56. The van der Waals surface area contributed by atoms with Crippen molar-refractivity contribution in [3.05, 3.63) is 214 Å². The van der Waals surface area contributed by atoms with Gasteiger partial charge in [0, 0.05) is 15.5 Å². The smallest absolute Gasteiger partial charge is 0.244 e. The highest BCUT2D eigenvalue weighted by Gasteiger charge is 2.55. The molecule has 11 rings (SSSR count). The van der Waals surface area contributed by atoms with Crippen molar-refractivity contribution < 1.29 is 0 Å². The van der Waals surface area contributed by atoms with Gasteiger partial charge in [-0.3, -0.25) is 0 Å². The third kappa shape index (κ3) is 5.20. The summed E-state index contributed by atoms with van der Waals surface area (Å²) in [6.07, 6.45) is 4.57. The Bertz CT molecular complexity index is 2800. The van der Waals surface area contributed by atoms with Gasteiger partial charge >= 0.3 is 0 Å². The highest BCUT2D eigenvalue weighted by molar-refractivity contribution is 8.00.